The molecule has 1 aliphatic carbocycles. The van der Waals surface area contributed by atoms with Crippen molar-refractivity contribution in [2.45, 2.75) is 46.1 Å². The summed E-state index contributed by atoms with van der Waals surface area (Å²) in [5.41, 5.74) is 0. The number of guanidine groups is 1. The van der Waals surface area contributed by atoms with Crippen molar-refractivity contribution in [2.24, 2.45) is 22.7 Å². The van der Waals surface area contributed by atoms with E-state index in [0.717, 1.165) is 57.2 Å². The van der Waals surface area contributed by atoms with Crippen molar-refractivity contribution >= 4 is 29.9 Å². The molecular weight excluding hydrogens is 415 g/mol. The van der Waals surface area contributed by atoms with Crippen LogP contribution in [-0.2, 0) is 4.74 Å². The highest BCUT2D eigenvalue weighted by Gasteiger charge is 2.24. The van der Waals surface area contributed by atoms with Crippen LogP contribution in [0.5, 0.6) is 0 Å². The molecule has 1 heterocycles. The van der Waals surface area contributed by atoms with Crippen LogP contribution in [0.4, 0.5) is 0 Å². The van der Waals surface area contributed by atoms with E-state index in [1.54, 1.807) is 0 Å². The molecular formula is C18H37IN4O. The van der Waals surface area contributed by atoms with Crippen LogP contribution in [0, 0.1) is 17.8 Å². The van der Waals surface area contributed by atoms with Crippen molar-refractivity contribution in [3.8, 4) is 0 Å². The number of aliphatic imine (C=N–C) groups is 1. The van der Waals surface area contributed by atoms with Gasteiger partial charge in [-0.1, -0.05) is 20.8 Å². The molecule has 0 amide bonds. The minimum Gasteiger partial charge on any atom is -0.379 e. The second-order valence-electron chi connectivity index (χ2n) is 7.73. The number of nitrogens with one attached hydrogen (secondary N) is 2. The summed E-state index contributed by atoms with van der Waals surface area (Å²) in [6.07, 6.45) is 3.88. The summed E-state index contributed by atoms with van der Waals surface area (Å²) in [6, 6.07) is 0.564. The largest absolute Gasteiger partial charge is 0.379 e. The zero-order valence-corrected chi connectivity index (χ0v) is 18.2. The van der Waals surface area contributed by atoms with Gasteiger partial charge in [0.1, 0.15) is 0 Å². The van der Waals surface area contributed by atoms with Gasteiger partial charge in [0.25, 0.3) is 0 Å². The summed E-state index contributed by atoms with van der Waals surface area (Å²) in [4.78, 5) is 6.91. The van der Waals surface area contributed by atoms with Gasteiger partial charge in [-0.05, 0) is 37.0 Å². The van der Waals surface area contributed by atoms with Gasteiger partial charge >= 0.3 is 0 Å². The van der Waals surface area contributed by atoms with Crippen molar-refractivity contribution in [1.29, 1.82) is 0 Å². The normalized spacial score (nSPS) is 30.3. The van der Waals surface area contributed by atoms with Crippen LogP contribution in [0.15, 0.2) is 4.99 Å². The van der Waals surface area contributed by atoms with Crippen LogP contribution in [-0.4, -0.2) is 63.3 Å². The fraction of sp³-hybridized carbons (Fsp3) is 0.944. The third kappa shape index (κ3) is 7.87. The molecule has 2 N–H and O–H groups in total. The molecule has 2 fully saturated rings. The van der Waals surface area contributed by atoms with Gasteiger partial charge in [-0.25, -0.2) is 0 Å². The topological polar surface area (TPSA) is 48.9 Å². The van der Waals surface area contributed by atoms with E-state index in [1.807, 2.05) is 7.05 Å². The summed E-state index contributed by atoms with van der Waals surface area (Å²) in [5, 5.41) is 7.15. The smallest absolute Gasteiger partial charge is 0.191 e. The molecule has 0 bridgehead atoms. The quantitative estimate of drug-likeness (QED) is 0.383. The Labute approximate surface area is 165 Å². The highest BCUT2D eigenvalue weighted by Crippen LogP contribution is 2.28. The van der Waals surface area contributed by atoms with Crippen LogP contribution in [0.1, 0.15) is 40.0 Å². The molecule has 142 valence electrons. The average molecular weight is 452 g/mol. The van der Waals surface area contributed by atoms with Gasteiger partial charge in [0.05, 0.1) is 13.2 Å². The minimum atomic E-state index is 0. The maximum absolute atomic E-state index is 5.41. The maximum Gasteiger partial charge on any atom is 0.191 e. The van der Waals surface area contributed by atoms with E-state index >= 15 is 0 Å². The standard InChI is InChI=1S/C18H36N4O.HI/c1-14-9-15(2)11-17(10-14)21-18(19-4)20-12-16(3)13-22-5-7-23-8-6-22;/h14-17H,5-13H2,1-4H3,(H2,19,20,21);1H. The average Bonchev–Trinajstić information content (AvgIpc) is 2.51. The van der Waals surface area contributed by atoms with E-state index < -0.39 is 0 Å². The molecule has 2 aliphatic rings. The Morgan fingerprint density at radius 1 is 1.17 bits per heavy atom. The van der Waals surface area contributed by atoms with Gasteiger partial charge in [0, 0.05) is 39.3 Å². The molecule has 24 heavy (non-hydrogen) atoms. The van der Waals surface area contributed by atoms with E-state index in [0.29, 0.717) is 12.0 Å². The molecule has 6 heteroatoms. The number of ether oxygens (including phenoxy) is 1. The SMILES string of the molecule is CN=C(NCC(C)CN1CCOCC1)NC1CC(C)CC(C)C1.I. The van der Waals surface area contributed by atoms with Crippen molar-refractivity contribution in [1.82, 2.24) is 15.5 Å². The number of nitrogens with zero attached hydrogens (tertiary/aromatic N) is 2. The Balaban J connectivity index is 0.00000288. The number of rotatable bonds is 5. The first kappa shape index (κ1) is 22.0. The van der Waals surface area contributed by atoms with Gasteiger partial charge in [0.2, 0.25) is 0 Å². The lowest BCUT2D eigenvalue weighted by Crippen LogP contribution is -2.48. The number of morpholine rings is 1. The Hall–Kier alpha value is -0.0800. The van der Waals surface area contributed by atoms with E-state index in [4.69, 9.17) is 4.74 Å². The molecule has 2 rings (SSSR count). The van der Waals surface area contributed by atoms with Crippen molar-refractivity contribution < 1.29 is 4.74 Å². The lowest BCUT2D eigenvalue weighted by Gasteiger charge is -2.33. The van der Waals surface area contributed by atoms with Gasteiger partial charge in [-0.3, -0.25) is 9.89 Å². The Kier molecular flexibility index (Phi) is 10.5. The number of hydrogen-bond donors (Lipinski definition) is 2. The Morgan fingerprint density at radius 3 is 2.38 bits per heavy atom. The monoisotopic (exact) mass is 452 g/mol. The summed E-state index contributed by atoms with van der Waals surface area (Å²) >= 11 is 0. The molecule has 1 saturated heterocycles. The van der Waals surface area contributed by atoms with E-state index in [1.165, 1.54) is 19.3 Å². The molecule has 0 radical (unpaired) electrons. The zero-order valence-electron chi connectivity index (χ0n) is 15.9. The molecule has 0 aromatic heterocycles. The van der Waals surface area contributed by atoms with E-state index in [9.17, 15) is 0 Å². The number of halogens is 1. The summed E-state index contributed by atoms with van der Waals surface area (Å²) in [5.74, 6) is 3.20. The lowest BCUT2D eigenvalue weighted by molar-refractivity contribution is 0.0320. The van der Waals surface area contributed by atoms with E-state index in [2.05, 4.69) is 41.3 Å². The Morgan fingerprint density at radius 2 is 1.79 bits per heavy atom. The predicted octanol–water partition coefficient (Wildman–Crippen LogP) is 2.56. The number of hydrogen-bond acceptors (Lipinski definition) is 3. The van der Waals surface area contributed by atoms with Crippen LogP contribution in [0.3, 0.4) is 0 Å². The first-order valence-corrected chi connectivity index (χ1v) is 9.34. The van der Waals surface area contributed by atoms with Gasteiger partial charge in [-0.2, -0.15) is 0 Å². The molecule has 3 atom stereocenters. The van der Waals surface area contributed by atoms with Gasteiger partial charge in [0.15, 0.2) is 5.96 Å². The molecule has 1 saturated carbocycles. The third-order valence-corrected chi connectivity index (χ3v) is 5.03. The summed E-state index contributed by atoms with van der Waals surface area (Å²) < 4.78 is 5.41. The lowest BCUT2D eigenvalue weighted by atomic mass is 9.80. The highest BCUT2D eigenvalue weighted by molar-refractivity contribution is 14.0. The molecule has 5 nitrogen and oxygen atoms in total. The van der Waals surface area contributed by atoms with Crippen LogP contribution >= 0.6 is 24.0 Å². The molecule has 0 spiro atoms. The third-order valence-electron chi connectivity index (χ3n) is 5.03. The molecule has 0 aromatic carbocycles. The predicted molar refractivity (Wildman–Crippen MR) is 112 cm³/mol. The highest BCUT2D eigenvalue weighted by atomic mass is 127. The van der Waals surface area contributed by atoms with Crippen LogP contribution in [0.2, 0.25) is 0 Å². The van der Waals surface area contributed by atoms with Crippen LogP contribution in [0.25, 0.3) is 0 Å². The first-order valence-electron chi connectivity index (χ1n) is 9.34. The summed E-state index contributed by atoms with van der Waals surface area (Å²) in [6.45, 7) is 13.0. The van der Waals surface area contributed by atoms with Crippen molar-refractivity contribution in [2.75, 3.05) is 46.4 Å². The molecule has 1 aliphatic heterocycles. The van der Waals surface area contributed by atoms with Crippen molar-refractivity contribution in [3.05, 3.63) is 0 Å². The molecule has 3 unspecified atom stereocenters. The minimum absolute atomic E-state index is 0. The maximum atomic E-state index is 5.41. The van der Waals surface area contributed by atoms with Crippen molar-refractivity contribution in [3.63, 3.8) is 0 Å². The van der Waals surface area contributed by atoms with E-state index in [-0.39, 0.29) is 24.0 Å². The van der Waals surface area contributed by atoms with Crippen LogP contribution < -0.4 is 10.6 Å². The summed E-state index contributed by atoms with van der Waals surface area (Å²) in [7, 11) is 1.87. The van der Waals surface area contributed by atoms with Gasteiger partial charge < -0.3 is 15.4 Å². The van der Waals surface area contributed by atoms with Gasteiger partial charge in [-0.15, -0.1) is 24.0 Å². The Bertz CT molecular complexity index is 364. The second kappa shape index (κ2) is 11.5. The fourth-order valence-electron chi connectivity index (χ4n) is 4.01. The zero-order chi connectivity index (χ0) is 16.7. The first-order chi connectivity index (χ1) is 11.1. The fourth-order valence-corrected chi connectivity index (χ4v) is 4.01. The second-order valence-corrected chi connectivity index (χ2v) is 7.73. The molecule has 0 aromatic rings.